The van der Waals surface area contributed by atoms with E-state index in [1.165, 1.54) is 0 Å². The highest BCUT2D eigenvalue weighted by Gasteiger charge is 2.17. The SMILES string of the molecule is CC(C)(C)OC(=O)NC1C=CC=C1. The standard InChI is InChI=1S/C10H15NO2/c1-10(2,3)13-9(12)11-8-6-4-5-7-8/h4-8H,1-3H3,(H,11,12). The van der Waals surface area contributed by atoms with Crippen LogP contribution in [0.4, 0.5) is 4.79 Å². The van der Waals surface area contributed by atoms with Crippen LogP contribution in [0.15, 0.2) is 24.3 Å². The topological polar surface area (TPSA) is 38.3 Å². The van der Waals surface area contributed by atoms with Gasteiger partial charge >= 0.3 is 6.09 Å². The third-order valence-electron chi connectivity index (χ3n) is 1.43. The molecule has 3 heteroatoms. The molecule has 0 aromatic heterocycles. The van der Waals surface area contributed by atoms with Crippen LogP contribution in [0.3, 0.4) is 0 Å². The van der Waals surface area contributed by atoms with E-state index in [1.54, 1.807) is 0 Å². The van der Waals surface area contributed by atoms with Gasteiger partial charge in [-0.3, -0.25) is 0 Å². The van der Waals surface area contributed by atoms with Crippen molar-refractivity contribution in [2.75, 3.05) is 0 Å². The Morgan fingerprint density at radius 3 is 2.31 bits per heavy atom. The second-order valence-corrected chi connectivity index (χ2v) is 3.94. The number of alkyl carbamates (subject to hydrolysis) is 1. The van der Waals surface area contributed by atoms with Crippen molar-refractivity contribution in [1.82, 2.24) is 5.32 Å². The fourth-order valence-electron chi connectivity index (χ4n) is 0.972. The van der Waals surface area contributed by atoms with Gasteiger partial charge in [0.1, 0.15) is 5.60 Å². The summed E-state index contributed by atoms with van der Waals surface area (Å²) in [6.07, 6.45) is 7.19. The Balaban J connectivity index is 2.33. The van der Waals surface area contributed by atoms with Crippen molar-refractivity contribution in [3.05, 3.63) is 24.3 Å². The van der Waals surface area contributed by atoms with E-state index in [-0.39, 0.29) is 12.1 Å². The molecule has 0 saturated carbocycles. The van der Waals surface area contributed by atoms with E-state index in [1.807, 2.05) is 45.1 Å². The summed E-state index contributed by atoms with van der Waals surface area (Å²) < 4.78 is 5.08. The molecule has 1 aliphatic carbocycles. The molecule has 3 nitrogen and oxygen atoms in total. The van der Waals surface area contributed by atoms with Gasteiger partial charge in [0, 0.05) is 0 Å². The van der Waals surface area contributed by atoms with Crippen molar-refractivity contribution in [3.8, 4) is 0 Å². The fraction of sp³-hybridized carbons (Fsp3) is 0.500. The first-order valence-electron chi connectivity index (χ1n) is 4.32. The number of ether oxygens (including phenoxy) is 1. The number of allylic oxidation sites excluding steroid dienone is 2. The average molecular weight is 181 g/mol. The van der Waals surface area contributed by atoms with E-state index >= 15 is 0 Å². The summed E-state index contributed by atoms with van der Waals surface area (Å²) >= 11 is 0. The summed E-state index contributed by atoms with van der Waals surface area (Å²) in [7, 11) is 0. The van der Waals surface area contributed by atoms with E-state index in [9.17, 15) is 4.79 Å². The zero-order valence-corrected chi connectivity index (χ0v) is 8.20. The molecule has 0 aliphatic heterocycles. The van der Waals surface area contributed by atoms with Crippen molar-refractivity contribution in [1.29, 1.82) is 0 Å². The van der Waals surface area contributed by atoms with Crippen LogP contribution >= 0.6 is 0 Å². The van der Waals surface area contributed by atoms with Crippen LogP contribution in [-0.4, -0.2) is 17.7 Å². The average Bonchev–Trinajstić information content (AvgIpc) is 2.34. The van der Waals surface area contributed by atoms with Crippen molar-refractivity contribution in [2.24, 2.45) is 0 Å². The quantitative estimate of drug-likeness (QED) is 0.672. The van der Waals surface area contributed by atoms with Crippen LogP contribution in [0.1, 0.15) is 20.8 Å². The van der Waals surface area contributed by atoms with Crippen LogP contribution in [0.25, 0.3) is 0 Å². The van der Waals surface area contributed by atoms with Gasteiger partial charge in [-0.15, -0.1) is 0 Å². The maximum absolute atomic E-state index is 11.2. The fourth-order valence-corrected chi connectivity index (χ4v) is 0.972. The number of carbonyl (C=O) groups is 1. The Morgan fingerprint density at radius 1 is 1.31 bits per heavy atom. The molecule has 0 aromatic carbocycles. The molecular weight excluding hydrogens is 166 g/mol. The zero-order chi connectivity index (χ0) is 9.90. The minimum Gasteiger partial charge on any atom is -0.444 e. The summed E-state index contributed by atoms with van der Waals surface area (Å²) in [5.41, 5.74) is -0.434. The van der Waals surface area contributed by atoms with Gasteiger partial charge in [-0.1, -0.05) is 24.3 Å². The first kappa shape index (κ1) is 9.84. The van der Waals surface area contributed by atoms with Crippen LogP contribution < -0.4 is 5.32 Å². The molecule has 0 spiro atoms. The highest BCUT2D eigenvalue weighted by Crippen LogP contribution is 2.07. The van der Waals surface area contributed by atoms with E-state index in [0.29, 0.717) is 0 Å². The van der Waals surface area contributed by atoms with Gasteiger partial charge in [0.05, 0.1) is 6.04 Å². The second-order valence-electron chi connectivity index (χ2n) is 3.94. The smallest absolute Gasteiger partial charge is 0.408 e. The second kappa shape index (κ2) is 3.64. The number of rotatable bonds is 1. The van der Waals surface area contributed by atoms with Gasteiger partial charge in [0.2, 0.25) is 0 Å². The van der Waals surface area contributed by atoms with E-state index in [0.717, 1.165) is 0 Å². The lowest BCUT2D eigenvalue weighted by Gasteiger charge is -2.20. The highest BCUT2D eigenvalue weighted by atomic mass is 16.6. The largest absolute Gasteiger partial charge is 0.444 e. The molecule has 0 saturated heterocycles. The zero-order valence-electron chi connectivity index (χ0n) is 8.20. The van der Waals surface area contributed by atoms with Gasteiger partial charge in [-0.2, -0.15) is 0 Å². The molecule has 0 aromatic rings. The molecule has 1 amide bonds. The van der Waals surface area contributed by atoms with Crippen LogP contribution in [0, 0.1) is 0 Å². The molecular formula is C10H15NO2. The Bertz CT molecular complexity index is 236. The number of hydrogen-bond donors (Lipinski definition) is 1. The molecule has 1 N–H and O–H groups in total. The van der Waals surface area contributed by atoms with Crippen LogP contribution in [0.5, 0.6) is 0 Å². The molecule has 1 aliphatic rings. The predicted molar refractivity (Wildman–Crippen MR) is 51.4 cm³/mol. The van der Waals surface area contributed by atoms with Gasteiger partial charge in [-0.05, 0) is 20.8 Å². The summed E-state index contributed by atoms with van der Waals surface area (Å²) in [5.74, 6) is 0. The Morgan fingerprint density at radius 2 is 1.85 bits per heavy atom. The van der Waals surface area contributed by atoms with E-state index in [4.69, 9.17) is 4.74 Å². The third-order valence-corrected chi connectivity index (χ3v) is 1.43. The summed E-state index contributed by atoms with van der Waals surface area (Å²) in [6.45, 7) is 5.52. The van der Waals surface area contributed by atoms with Crippen LogP contribution in [0.2, 0.25) is 0 Å². The lowest BCUT2D eigenvalue weighted by Crippen LogP contribution is -2.36. The minimum atomic E-state index is -0.434. The van der Waals surface area contributed by atoms with Crippen molar-refractivity contribution in [2.45, 2.75) is 32.4 Å². The molecule has 0 unspecified atom stereocenters. The summed E-state index contributed by atoms with van der Waals surface area (Å²) in [5, 5.41) is 2.70. The lowest BCUT2D eigenvalue weighted by atomic mass is 10.2. The van der Waals surface area contributed by atoms with Gasteiger partial charge in [0.25, 0.3) is 0 Å². The van der Waals surface area contributed by atoms with Crippen molar-refractivity contribution < 1.29 is 9.53 Å². The Labute approximate surface area is 78.5 Å². The van der Waals surface area contributed by atoms with Crippen molar-refractivity contribution in [3.63, 3.8) is 0 Å². The maximum atomic E-state index is 11.2. The van der Waals surface area contributed by atoms with Crippen LogP contribution in [-0.2, 0) is 4.74 Å². The van der Waals surface area contributed by atoms with Gasteiger partial charge < -0.3 is 10.1 Å². The van der Waals surface area contributed by atoms with Gasteiger partial charge in [-0.25, -0.2) is 4.79 Å². The number of carbonyl (C=O) groups excluding carboxylic acids is 1. The molecule has 72 valence electrons. The third kappa shape index (κ3) is 3.78. The van der Waals surface area contributed by atoms with Gasteiger partial charge in [0.15, 0.2) is 0 Å². The first-order chi connectivity index (χ1) is 5.97. The van der Waals surface area contributed by atoms with E-state index < -0.39 is 5.60 Å². The monoisotopic (exact) mass is 181 g/mol. The highest BCUT2D eigenvalue weighted by molar-refractivity contribution is 5.69. The van der Waals surface area contributed by atoms with Crippen molar-refractivity contribution >= 4 is 6.09 Å². The summed E-state index contributed by atoms with van der Waals surface area (Å²) in [6, 6.07) is -0.0187. The molecule has 0 radical (unpaired) electrons. The number of amides is 1. The van der Waals surface area contributed by atoms with E-state index in [2.05, 4.69) is 5.32 Å². The molecule has 1 rings (SSSR count). The lowest BCUT2D eigenvalue weighted by molar-refractivity contribution is 0.0523. The number of hydrogen-bond acceptors (Lipinski definition) is 2. The maximum Gasteiger partial charge on any atom is 0.408 e. The molecule has 0 heterocycles. The minimum absolute atomic E-state index is 0.0187. The molecule has 0 atom stereocenters. The summed E-state index contributed by atoms with van der Waals surface area (Å²) in [4.78, 5) is 11.2. The molecule has 0 fully saturated rings. The predicted octanol–water partition coefficient (Wildman–Crippen LogP) is 2.01. The Hall–Kier alpha value is -1.25. The molecule has 0 bridgehead atoms. The number of nitrogens with one attached hydrogen (secondary N) is 1. The Kier molecular flexibility index (Phi) is 2.76. The first-order valence-corrected chi connectivity index (χ1v) is 4.32. The molecule has 13 heavy (non-hydrogen) atoms. The normalized spacial score (nSPS) is 16.2.